The van der Waals surface area contributed by atoms with Crippen LogP contribution in [0, 0.1) is 0 Å². The summed E-state index contributed by atoms with van der Waals surface area (Å²) in [6.45, 7) is 0.963. The van der Waals surface area contributed by atoms with Crippen LogP contribution < -0.4 is 5.90 Å². The number of rotatable bonds is 3. The van der Waals surface area contributed by atoms with Crippen molar-refractivity contribution in [2.24, 2.45) is 5.90 Å². The normalized spacial score (nSPS) is 14.6. The predicted molar refractivity (Wildman–Crippen MR) is 31.3 cm³/mol. The Morgan fingerprint density at radius 1 is 1.70 bits per heavy atom. The van der Waals surface area contributed by atoms with Gasteiger partial charge in [-0.05, 0) is 6.92 Å². The molecular weight excluding hydrogens is 162 g/mol. The average Bonchev–Trinajstić information content (AvgIpc) is 1.86. The van der Waals surface area contributed by atoms with Crippen molar-refractivity contribution in [1.82, 2.24) is 0 Å². The summed E-state index contributed by atoms with van der Waals surface area (Å²) in [7, 11) is -4.12. The highest BCUT2D eigenvalue weighted by molar-refractivity contribution is 7.88. The first-order valence-corrected chi connectivity index (χ1v) is 3.74. The van der Waals surface area contributed by atoms with Gasteiger partial charge in [-0.25, -0.2) is 0 Å². The quantitative estimate of drug-likeness (QED) is 0.507. The van der Waals surface area contributed by atoms with E-state index in [1.165, 1.54) is 0 Å². The maximum atomic E-state index is 10.4. The monoisotopic (exact) mass is 169 g/mol. The summed E-state index contributed by atoms with van der Waals surface area (Å²) in [5, 5.41) is 6.51. The van der Waals surface area contributed by atoms with Gasteiger partial charge in [-0.2, -0.15) is 18.6 Å². The first kappa shape index (κ1) is 9.34. The highest BCUT2D eigenvalue weighted by Gasteiger charge is 2.27. The number of carboxylic acids is 1. The molecule has 1 atom stereocenters. The third-order valence-electron chi connectivity index (χ3n) is 0.915. The molecule has 0 aromatic heterocycles. The first-order chi connectivity index (χ1) is 4.41. The molecule has 60 valence electrons. The van der Waals surface area contributed by atoms with Crippen LogP contribution >= 0.6 is 0 Å². The van der Waals surface area contributed by atoms with E-state index < -0.39 is 21.3 Å². The van der Waals surface area contributed by atoms with Gasteiger partial charge in [-0.15, -0.1) is 0 Å². The van der Waals surface area contributed by atoms with Gasteiger partial charge in [0.25, 0.3) is 10.1 Å². The molecule has 0 aliphatic heterocycles. The molecule has 0 radical (unpaired) electrons. The van der Waals surface area contributed by atoms with E-state index in [4.69, 9.17) is 5.11 Å². The number of aliphatic carboxylic acids is 1. The van der Waals surface area contributed by atoms with E-state index in [2.05, 4.69) is 10.2 Å². The standard InChI is InChI=1S/C3H7NO5S/c1-2(3(5)6)10(7,8)9-4/h2H,4H2,1H3,(H,5,6). The van der Waals surface area contributed by atoms with Gasteiger partial charge < -0.3 is 5.11 Å². The Hall–Kier alpha value is -0.660. The zero-order chi connectivity index (χ0) is 8.36. The minimum atomic E-state index is -4.12. The van der Waals surface area contributed by atoms with Gasteiger partial charge >= 0.3 is 5.97 Å². The van der Waals surface area contributed by atoms with E-state index >= 15 is 0 Å². The smallest absolute Gasteiger partial charge is 0.324 e. The Kier molecular flexibility index (Phi) is 2.76. The molecule has 7 heteroatoms. The SMILES string of the molecule is CC(C(=O)O)S(=O)(=O)ON. The number of hydrogen-bond donors (Lipinski definition) is 2. The van der Waals surface area contributed by atoms with Gasteiger partial charge in [0, 0.05) is 0 Å². The summed E-state index contributed by atoms with van der Waals surface area (Å²) >= 11 is 0. The molecule has 10 heavy (non-hydrogen) atoms. The Balaban J connectivity index is 4.51. The third-order valence-corrected chi connectivity index (χ3v) is 2.25. The summed E-state index contributed by atoms with van der Waals surface area (Å²) in [5.41, 5.74) is 0. The molecule has 0 saturated heterocycles. The number of nitrogens with two attached hydrogens (primary N) is 1. The largest absolute Gasteiger partial charge is 0.480 e. The molecule has 0 rings (SSSR count). The van der Waals surface area contributed by atoms with Crippen molar-refractivity contribution in [2.45, 2.75) is 12.2 Å². The van der Waals surface area contributed by atoms with E-state index in [1.807, 2.05) is 0 Å². The van der Waals surface area contributed by atoms with Crippen LogP contribution in [0.4, 0.5) is 0 Å². The van der Waals surface area contributed by atoms with Crippen molar-refractivity contribution < 1.29 is 22.6 Å². The molecule has 0 bridgehead atoms. The molecule has 0 fully saturated rings. The lowest BCUT2D eigenvalue weighted by Gasteiger charge is -2.02. The molecule has 6 nitrogen and oxygen atoms in total. The van der Waals surface area contributed by atoms with Crippen molar-refractivity contribution in [3.05, 3.63) is 0 Å². The molecule has 0 saturated carbocycles. The van der Waals surface area contributed by atoms with Crippen LogP contribution in [0.25, 0.3) is 0 Å². The zero-order valence-corrected chi connectivity index (χ0v) is 5.96. The van der Waals surface area contributed by atoms with Gasteiger partial charge in [0.1, 0.15) is 0 Å². The Bertz CT molecular complexity index is 219. The Morgan fingerprint density at radius 2 is 2.10 bits per heavy atom. The second kappa shape index (κ2) is 2.95. The van der Waals surface area contributed by atoms with Crippen LogP contribution in [0.5, 0.6) is 0 Å². The van der Waals surface area contributed by atoms with Crippen LogP contribution in [-0.2, 0) is 19.2 Å². The van der Waals surface area contributed by atoms with E-state index in [9.17, 15) is 13.2 Å². The number of carbonyl (C=O) groups is 1. The molecule has 1 unspecified atom stereocenters. The van der Waals surface area contributed by atoms with Crippen LogP contribution in [0.15, 0.2) is 0 Å². The molecular formula is C3H7NO5S. The fourth-order valence-corrected chi connectivity index (χ4v) is 0.620. The zero-order valence-electron chi connectivity index (χ0n) is 5.14. The molecule has 0 amide bonds. The van der Waals surface area contributed by atoms with Gasteiger partial charge in [-0.1, -0.05) is 0 Å². The van der Waals surface area contributed by atoms with Gasteiger partial charge in [0.2, 0.25) is 0 Å². The average molecular weight is 169 g/mol. The fraction of sp³-hybridized carbons (Fsp3) is 0.667. The van der Waals surface area contributed by atoms with E-state index in [1.54, 1.807) is 0 Å². The summed E-state index contributed by atoms with van der Waals surface area (Å²) in [6.07, 6.45) is 0. The lowest BCUT2D eigenvalue weighted by Crippen LogP contribution is -2.30. The van der Waals surface area contributed by atoms with Crippen LogP contribution in [0.2, 0.25) is 0 Å². The van der Waals surface area contributed by atoms with Crippen molar-refractivity contribution in [2.75, 3.05) is 0 Å². The second-order valence-corrected chi connectivity index (χ2v) is 3.45. The molecule has 3 N–H and O–H groups in total. The molecule has 0 aromatic carbocycles. The topological polar surface area (TPSA) is 107 Å². The van der Waals surface area contributed by atoms with Crippen molar-refractivity contribution in [1.29, 1.82) is 0 Å². The Labute approximate surface area is 57.7 Å². The molecule has 0 aromatic rings. The number of hydrogen-bond acceptors (Lipinski definition) is 5. The minimum absolute atomic E-state index is 0.963. The molecule has 0 spiro atoms. The van der Waals surface area contributed by atoms with Crippen LogP contribution in [0.1, 0.15) is 6.92 Å². The maximum Gasteiger partial charge on any atom is 0.324 e. The van der Waals surface area contributed by atoms with Crippen molar-refractivity contribution in [3.63, 3.8) is 0 Å². The summed E-state index contributed by atoms with van der Waals surface area (Å²) in [6, 6.07) is 0. The fourth-order valence-electron chi connectivity index (χ4n) is 0.207. The summed E-state index contributed by atoms with van der Waals surface area (Å²) < 4.78 is 24.3. The first-order valence-electron chi connectivity index (χ1n) is 2.27. The maximum absolute atomic E-state index is 10.4. The van der Waals surface area contributed by atoms with Crippen molar-refractivity contribution >= 4 is 16.1 Å². The second-order valence-electron chi connectivity index (χ2n) is 1.57. The summed E-state index contributed by atoms with van der Waals surface area (Å²) in [5.74, 6) is 2.80. The van der Waals surface area contributed by atoms with Gasteiger partial charge in [0.05, 0.1) is 0 Å². The van der Waals surface area contributed by atoms with E-state index in [0.717, 1.165) is 6.92 Å². The highest BCUT2D eigenvalue weighted by atomic mass is 32.2. The van der Waals surface area contributed by atoms with Crippen LogP contribution in [0.3, 0.4) is 0 Å². The third kappa shape index (κ3) is 1.94. The molecule has 0 aliphatic rings. The summed E-state index contributed by atoms with van der Waals surface area (Å²) in [4.78, 5) is 9.99. The number of carboxylic acid groups (broad SMARTS) is 1. The van der Waals surface area contributed by atoms with Gasteiger partial charge in [0.15, 0.2) is 5.25 Å². The molecule has 0 heterocycles. The lowest BCUT2D eigenvalue weighted by molar-refractivity contribution is -0.136. The minimum Gasteiger partial charge on any atom is -0.480 e. The van der Waals surface area contributed by atoms with E-state index in [-0.39, 0.29) is 0 Å². The van der Waals surface area contributed by atoms with Crippen molar-refractivity contribution in [3.8, 4) is 0 Å². The highest BCUT2D eigenvalue weighted by Crippen LogP contribution is 1.99. The van der Waals surface area contributed by atoms with Crippen LogP contribution in [-0.4, -0.2) is 24.7 Å². The molecule has 0 aliphatic carbocycles. The lowest BCUT2D eigenvalue weighted by atomic mass is 10.5. The Morgan fingerprint density at radius 3 is 2.20 bits per heavy atom. The van der Waals surface area contributed by atoms with E-state index in [0.29, 0.717) is 0 Å². The predicted octanol–water partition coefficient (Wildman–Crippen LogP) is -1.32. The van der Waals surface area contributed by atoms with Gasteiger partial charge in [-0.3, -0.25) is 4.79 Å².